The third-order valence-electron chi connectivity index (χ3n) is 3.96. The van der Waals surface area contributed by atoms with Crippen LogP contribution < -0.4 is 4.74 Å². The van der Waals surface area contributed by atoms with Crippen molar-refractivity contribution in [2.24, 2.45) is 0 Å². The number of carbonyl (C=O) groups is 1. The molecule has 0 radical (unpaired) electrons. The van der Waals surface area contributed by atoms with Crippen molar-refractivity contribution in [1.29, 1.82) is 0 Å². The molecule has 4 heteroatoms. The highest BCUT2D eigenvalue weighted by Crippen LogP contribution is 2.29. The molecule has 2 aromatic carbocycles. The van der Waals surface area contributed by atoms with Gasteiger partial charge in [-0.3, -0.25) is 4.90 Å². The third kappa shape index (κ3) is 5.11. The van der Waals surface area contributed by atoms with Gasteiger partial charge < -0.3 is 9.47 Å². The molecule has 0 N–H and O–H groups in total. The summed E-state index contributed by atoms with van der Waals surface area (Å²) in [5.41, 5.74) is 2.07. The van der Waals surface area contributed by atoms with Crippen LogP contribution in [0.3, 0.4) is 0 Å². The van der Waals surface area contributed by atoms with E-state index in [2.05, 4.69) is 6.58 Å². The van der Waals surface area contributed by atoms with Crippen LogP contribution in [0, 0.1) is 0 Å². The molecule has 4 nitrogen and oxygen atoms in total. The van der Waals surface area contributed by atoms with Crippen molar-refractivity contribution >= 4 is 6.09 Å². The topological polar surface area (TPSA) is 38.8 Å². The van der Waals surface area contributed by atoms with Crippen LogP contribution in [-0.4, -0.2) is 24.7 Å². The molecule has 0 aliphatic heterocycles. The first-order chi connectivity index (χ1) is 12.2. The normalized spacial score (nSPS) is 11.4. The number of carbonyl (C=O) groups excluding carboxylic acids is 1. The van der Waals surface area contributed by atoms with Crippen LogP contribution in [0.1, 0.15) is 30.5 Å². The van der Waals surface area contributed by atoms with Crippen molar-refractivity contribution in [3.8, 4) is 5.75 Å². The molecule has 0 aliphatic rings. The van der Waals surface area contributed by atoms with E-state index in [1.165, 1.54) is 0 Å². The van der Waals surface area contributed by atoms with E-state index in [1.807, 2.05) is 67.6 Å². The Morgan fingerprint density at radius 3 is 2.40 bits per heavy atom. The van der Waals surface area contributed by atoms with E-state index in [0.29, 0.717) is 19.6 Å². The van der Waals surface area contributed by atoms with Crippen molar-refractivity contribution in [3.63, 3.8) is 0 Å². The zero-order valence-corrected chi connectivity index (χ0v) is 14.9. The molecule has 0 saturated heterocycles. The van der Waals surface area contributed by atoms with Crippen LogP contribution in [0.4, 0.5) is 4.79 Å². The first-order valence-electron chi connectivity index (χ1n) is 8.41. The first-order valence-corrected chi connectivity index (χ1v) is 8.41. The molecule has 2 rings (SSSR count). The zero-order chi connectivity index (χ0) is 18.1. The third-order valence-corrected chi connectivity index (χ3v) is 3.96. The molecular formula is C21H25NO3. The monoisotopic (exact) mass is 339 g/mol. The molecule has 0 bridgehead atoms. The van der Waals surface area contributed by atoms with Crippen LogP contribution >= 0.6 is 0 Å². The maximum absolute atomic E-state index is 12.6. The molecule has 0 spiro atoms. The average molecular weight is 339 g/mol. The summed E-state index contributed by atoms with van der Waals surface area (Å²) in [5.74, 6) is 0.784. The van der Waals surface area contributed by atoms with E-state index < -0.39 is 0 Å². The van der Waals surface area contributed by atoms with Crippen LogP contribution in [0.2, 0.25) is 0 Å². The first kappa shape index (κ1) is 18.6. The fourth-order valence-corrected chi connectivity index (χ4v) is 2.72. The van der Waals surface area contributed by atoms with Crippen molar-refractivity contribution in [2.75, 3.05) is 13.7 Å². The number of hydrogen-bond donors (Lipinski definition) is 0. The summed E-state index contributed by atoms with van der Waals surface area (Å²) in [4.78, 5) is 14.4. The Morgan fingerprint density at radius 1 is 1.16 bits per heavy atom. The van der Waals surface area contributed by atoms with E-state index in [-0.39, 0.29) is 12.1 Å². The number of benzene rings is 2. The molecule has 2 aromatic rings. The van der Waals surface area contributed by atoms with Gasteiger partial charge in [0.2, 0.25) is 0 Å². The highest BCUT2D eigenvalue weighted by molar-refractivity contribution is 5.68. The Kier molecular flexibility index (Phi) is 7.08. The molecule has 0 saturated carbocycles. The lowest BCUT2D eigenvalue weighted by Crippen LogP contribution is -2.35. The minimum absolute atomic E-state index is 0.150. The molecule has 0 fully saturated rings. The zero-order valence-electron chi connectivity index (χ0n) is 14.9. The molecule has 132 valence electrons. The summed E-state index contributed by atoms with van der Waals surface area (Å²) >= 11 is 0. The lowest BCUT2D eigenvalue weighted by molar-refractivity contribution is 0.0866. The van der Waals surface area contributed by atoms with Gasteiger partial charge in [-0.25, -0.2) is 4.79 Å². The lowest BCUT2D eigenvalue weighted by atomic mass is 10.0. The fraction of sp³-hybridized carbons (Fsp3) is 0.286. The minimum atomic E-state index is -0.325. The van der Waals surface area contributed by atoms with E-state index >= 15 is 0 Å². The Hall–Kier alpha value is -2.75. The van der Waals surface area contributed by atoms with E-state index in [0.717, 1.165) is 16.9 Å². The van der Waals surface area contributed by atoms with Gasteiger partial charge >= 0.3 is 6.09 Å². The van der Waals surface area contributed by atoms with Gasteiger partial charge in [0.1, 0.15) is 5.75 Å². The number of nitrogens with zero attached hydrogens (tertiary/aromatic N) is 1. The van der Waals surface area contributed by atoms with Gasteiger partial charge in [0.15, 0.2) is 0 Å². The Balaban J connectivity index is 2.34. The van der Waals surface area contributed by atoms with E-state index in [9.17, 15) is 4.79 Å². The van der Waals surface area contributed by atoms with Gasteiger partial charge in [0.25, 0.3) is 0 Å². The second-order valence-electron chi connectivity index (χ2n) is 5.63. The number of hydrogen-bond acceptors (Lipinski definition) is 3. The summed E-state index contributed by atoms with van der Waals surface area (Å²) in [7, 11) is 1.64. The molecule has 1 unspecified atom stereocenters. The number of methoxy groups -OCH3 is 1. The van der Waals surface area contributed by atoms with Gasteiger partial charge in [-0.2, -0.15) is 0 Å². The molecule has 1 atom stereocenters. The second-order valence-corrected chi connectivity index (χ2v) is 5.63. The smallest absolute Gasteiger partial charge is 0.410 e. The summed E-state index contributed by atoms with van der Waals surface area (Å²) in [5, 5.41) is 0. The molecule has 0 aromatic heterocycles. The van der Waals surface area contributed by atoms with Gasteiger partial charge in [-0.1, -0.05) is 48.5 Å². The van der Waals surface area contributed by atoms with Crippen molar-refractivity contribution in [3.05, 3.63) is 78.4 Å². The maximum Gasteiger partial charge on any atom is 0.410 e. The van der Waals surface area contributed by atoms with Crippen molar-refractivity contribution in [1.82, 2.24) is 4.90 Å². The fourth-order valence-electron chi connectivity index (χ4n) is 2.72. The van der Waals surface area contributed by atoms with Crippen molar-refractivity contribution in [2.45, 2.75) is 25.9 Å². The summed E-state index contributed by atoms with van der Waals surface area (Å²) in [6.07, 6.45) is 2.14. The van der Waals surface area contributed by atoms with Crippen LogP contribution in [0.5, 0.6) is 5.75 Å². The summed E-state index contributed by atoms with van der Waals surface area (Å²) < 4.78 is 10.5. The quantitative estimate of drug-likeness (QED) is 0.637. The van der Waals surface area contributed by atoms with Crippen LogP contribution in [-0.2, 0) is 11.3 Å². The van der Waals surface area contributed by atoms with E-state index in [1.54, 1.807) is 12.0 Å². The molecule has 25 heavy (non-hydrogen) atoms. The number of amides is 1. The maximum atomic E-state index is 12.6. The largest absolute Gasteiger partial charge is 0.497 e. The Morgan fingerprint density at radius 2 is 1.84 bits per heavy atom. The predicted molar refractivity (Wildman–Crippen MR) is 99.6 cm³/mol. The number of rotatable bonds is 8. The standard InChI is InChI=1S/C21H25NO3/c1-4-9-20(18-12-14-19(24-3)15-13-18)22(21(23)25-5-2)16-17-10-7-6-8-11-17/h4,6-8,10-15,20H,1,5,9,16H2,2-3H3. The van der Waals surface area contributed by atoms with Gasteiger partial charge in [0, 0.05) is 6.54 Å². The molecule has 0 aliphatic carbocycles. The van der Waals surface area contributed by atoms with Gasteiger partial charge in [0.05, 0.1) is 19.8 Å². The summed E-state index contributed by atoms with van der Waals surface area (Å²) in [6.45, 7) is 6.48. The van der Waals surface area contributed by atoms with Crippen LogP contribution in [0.15, 0.2) is 67.3 Å². The average Bonchev–Trinajstić information content (AvgIpc) is 2.66. The van der Waals surface area contributed by atoms with Gasteiger partial charge in [-0.05, 0) is 36.6 Å². The predicted octanol–water partition coefficient (Wildman–Crippen LogP) is 4.97. The lowest BCUT2D eigenvalue weighted by Gasteiger charge is -2.31. The van der Waals surface area contributed by atoms with E-state index in [4.69, 9.17) is 9.47 Å². The Bertz CT molecular complexity index is 667. The summed E-state index contributed by atoms with van der Waals surface area (Å²) in [6, 6.07) is 17.5. The minimum Gasteiger partial charge on any atom is -0.497 e. The number of ether oxygens (including phenoxy) is 2. The SMILES string of the molecule is C=CCC(c1ccc(OC)cc1)N(Cc1ccccc1)C(=O)OCC. The highest BCUT2D eigenvalue weighted by atomic mass is 16.6. The Labute approximate surface area is 149 Å². The van der Waals surface area contributed by atoms with Crippen LogP contribution in [0.25, 0.3) is 0 Å². The van der Waals surface area contributed by atoms with Crippen molar-refractivity contribution < 1.29 is 14.3 Å². The molecular weight excluding hydrogens is 314 g/mol. The highest BCUT2D eigenvalue weighted by Gasteiger charge is 2.25. The molecule has 1 amide bonds. The molecule has 0 heterocycles. The second kappa shape index (κ2) is 9.52. The van der Waals surface area contributed by atoms with Gasteiger partial charge in [-0.15, -0.1) is 6.58 Å².